The molecule has 1 rings (SSSR count). The molecule has 0 aromatic heterocycles. The number of carbonyl (C=O) groups is 1. The van der Waals surface area contributed by atoms with Crippen LogP contribution in [0.1, 0.15) is 67.2 Å². The van der Waals surface area contributed by atoms with Crippen molar-refractivity contribution in [1.82, 2.24) is 10.6 Å². The molecule has 1 saturated heterocycles. The molecule has 1 amide bonds. The van der Waals surface area contributed by atoms with Crippen molar-refractivity contribution in [1.29, 1.82) is 0 Å². The van der Waals surface area contributed by atoms with E-state index >= 15 is 0 Å². The Morgan fingerprint density at radius 2 is 1.70 bits per heavy atom. The fourth-order valence-corrected chi connectivity index (χ4v) is 2.48. The van der Waals surface area contributed by atoms with Crippen molar-refractivity contribution in [2.24, 2.45) is 5.41 Å². The quantitative estimate of drug-likeness (QED) is 0.834. The first kappa shape index (κ1) is 17.3. The van der Waals surface area contributed by atoms with Gasteiger partial charge in [0.05, 0.1) is 0 Å². The predicted octanol–water partition coefficient (Wildman–Crippen LogP) is 3.46. The number of hydrogen-bond donors (Lipinski definition) is 2. The molecular formula is C16H32N2O2. The van der Waals surface area contributed by atoms with Gasteiger partial charge in [0.1, 0.15) is 5.60 Å². The summed E-state index contributed by atoms with van der Waals surface area (Å²) < 4.78 is 5.43. The largest absolute Gasteiger partial charge is 0.444 e. The number of carbonyl (C=O) groups excluding carboxylic acids is 1. The highest BCUT2D eigenvalue weighted by Crippen LogP contribution is 2.31. The number of nitrogens with one attached hydrogen (secondary N) is 2. The molecule has 0 saturated carbocycles. The maximum absolute atomic E-state index is 12.1. The summed E-state index contributed by atoms with van der Waals surface area (Å²) in [5.41, 5.74) is -0.267. The molecule has 0 radical (unpaired) electrons. The summed E-state index contributed by atoms with van der Waals surface area (Å²) in [6.45, 7) is 14.4. The van der Waals surface area contributed by atoms with Crippen LogP contribution in [0.15, 0.2) is 0 Å². The van der Waals surface area contributed by atoms with Gasteiger partial charge in [-0.3, -0.25) is 0 Å². The zero-order chi connectivity index (χ0) is 15.4. The zero-order valence-electron chi connectivity index (χ0n) is 14.1. The van der Waals surface area contributed by atoms with Crippen molar-refractivity contribution in [3.05, 3.63) is 0 Å². The number of alkyl carbamates (subject to hydrolysis) is 1. The second-order valence-electron chi connectivity index (χ2n) is 8.22. The van der Waals surface area contributed by atoms with Crippen molar-refractivity contribution in [3.8, 4) is 0 Å². The molecule has 118 valence electrons. The Morgan fingerprint density at radius 1 is 1.15 bits per heavy atom. The van der Waals surface area contributed by atoms with Gasteiger partial charge in [-0.2, -0.15) is 0 Å². The molecule has 0 aromatic carbocycles. The standard InChI is InChI=1S/C16H32N2O2/c1-14(2,3)7-8-16(9-11-17-12-10-16)18-13(19)20-15(4,5)6/h17H,7-12H2,1-6H3,(H,18,19). The highest BCUT2D eigenvalue weighted by atomic mass is 16.6. The van der Waals surface area contributed by atoms with E-state index in [0.717, 1.165) is 38.8 Å². The maximum Gasteiger partial charge on any atom is 0.408 e. The molecule has 4 heteroatoms. The molecule has 0 spiro atoms. The minimum atomic E-state index is -0.442. The number of ether oxygens (including phenoxy) is 1. The topological polar surface area (TPSA) is 50.4 Å². The van der Waals surface area contributed by atoms with Crippen LogP contribution in [-0.4, -0.2) is 30.3 Å². The smallest absolute Gasteiger partial charge is 0.408 e. The van der Waals surface area contributed by atoms with Crippen molar-refractivity contribution in [2.45, 2.75) is 78.4 Å². The van der Waals surface area contributed by atoms with Crippen LogP contribution in [0.5, 0.6) is 0 Å². The highest BCUT2D eigenvalue weighted by Gasteiger charge is 2.35. The van der Waals surface area contributed by atoms with Crippen molar-refractivity contribution in [2.75, 3.05) is 13.1 Å². The second kappa shape index (κ2) is 6.33. The van der Waals surface area contributed by atoms with Crippen LogP contribution in [-0.2, 0) is 4.74 Å². The van der Waals surface area contributed by atoms with Crippen LogP contribution in [0.3, 0.4) is 0 Å². The molecule has 0 unspecified atom stereocenters. The summed E-state index contributed by atoms with van der Waals surface area (Å²) in [5.74, 6) is 0. The van der Waals surface area contributed by atoms with Crippen LogP contribution >= 0.6 is 0 Å². The molecule has 20 heavy (non-hydrogen) atoms. The molecule has 0 aliphatic carbocycles. The Hall–Kier alpha value is -0.770. The monoisotopic (exact) mass is 284 g/mol. The van der Waals surface area contributed by atoms with Gasteiger partial charge in [-0.1, -0.05) is 20.8 Å². The van der Waals surface area contributed by atoms with Gasteiger partial charge in [0, 0.05) is 5.54 Å². The van der Waals surface area contributed by atoms with Crippen LogP contribution in [0.2, 0.25) is 0 Å². The lowest BCUT2D eigenvalue weighted by atomic mass is 9.78. The fourth-order valence-electron chi connectivity index (χ4n) is 2.48. The highest BCUT2D eigenvalue weighted by molar-refractivity contribution is 5.68. The Morgan fingerprint density at radius 3 is 2.15 bits per heavy atom. The maximum atomic E-state index is 12.1. The molecule has 1 heterocycles. The van der Waals surface area contributed by atoms with Crippen molar-refractivity contribution in [3.63, 3.8) is 0 Å². The summed E-state index contributed by atoms with van der Waals surface area (Å²) in [6.07, 6.45) is 3.78. The van der Waals surface area contributed by atoms with Crippen LogP contribution in [0.25, 0.3) is 0 Å². The van der Waals surface area contributed by atoms with E-state index in [2.05, 4.69) is 31.4 Å². The first-order valence-electron chi connectivity index (χ1n) is 7.73. The number of rotatable bonds is 3. The average molecular weight is 284 g/mol. The van der Waals surface area contributed by atoms with E-state index in [9.17, 15) is 4.79 Å². The van der Waals surface area contributed by atoms with Gasteiger partial charge in [-0.15, -0.1) is 0 Å². The Labute approximate surface area is 124 Å². The summed E-state index contributed by atoms with van der Waals surface area (Å²) in [5, 5.41) is 6.53. The third-order valence-electron chi connectivity index (χ3n) is 3.68. The normalized spacial score (nSPS) is 19.5. The van der Waals surface area contributed by atoms with Gasteiger partial charge in [0.2, 0.25) is 0 Å². The molecule has 4 nitrogen and oxygen atoms in total. The van der Waals surface area contributed by atoms with Crippen LogP contribution in [0, 0.1) is 5.41 Å². The van der Waals surface area contributed by atoms with Gasteiger partial charge in [0.25, 0.3) is 0 Å². The lowest BCUT2D eigenvalue weighted by Crippen LogP contribution is -2.55. The van der Waals surface area contributed by atoms with E-state index in [0.29, 0.717) is 0 Å². The van der Waals surface area contributed by atoms with Gasteiger partial charge in [-0.25, -0.2) is 4.79 Å². The fraction of sp³-hybridized carbons (Fsp3) is 0.938. The third-order valence-corrected chi connectivity index (χ3v) is 3.68. The molecule has 2 N–H and O–H groups in total. The zero-order valence-corrected chi connectivity index (χ0v) is 14.1. The summed E-state index contributed by atoms with van der Waals surface area (Å²) >= 11 is 0. The van der Waals surface area contributed by atoms with E-state index in [-0.39, 0.29) is 17.0 Å². The van der Waals surface area contributed by atoms with Crippen LogP contribution in [0.4, 0.5) is 4.79 Å². The molecular weight excluding hydrogens is 252 g/mol. The third kappa shape index (κ3) is 6.60. The first-order valence-corrected chi connectivity index (χ1v) is 7.73. The van der Waals surface area contributed by atoms with E-state index in [1.165, 1.54) is 0 Å². The van der Waals surface area contributed by atoms with Gasteiger partial charge >= 0.3 is 6.09 Å². The summed E-state index contributed by atoms with van der Waals surface area (Å²) in [4.78, 5) is 12.1. The molecule has 1 aliphatic heterocycles. The van der Waals surface area contributed by atoms with Gasteiger partial charge in [-0.05, 0) is 65.0 Å². The second-order valence-corrected chi connectivity index (χ2v) is 8.22. The van der Waals surface area contributed by atoms with E-state index in [4.69, 9.17) is 4.74 Å². The Kier molecular flexibility index (Phi) is 5.47. The van der Waals surface area contributed by atoms with Crippen LogP contribution < -0.4 is 10.6 Å². The number of piperidine rings is 1. The summed E-state index contributed by atoms with van der Waals surface area (Å²) in [7, 11) is 0. The Balaban J connectivity index is 2.66. The lowest BCUT2D eigenvalue weighted by Gasteiger charge is -2.40. The van der Waals surface area contributed by atoms with Crippen molar-refractivity contribution < 1.29 is 9.53 Å². The van der Waals surface area contributed by atoms with E-state index in [1.807, 2.05) is 20.8 Å². The molecule has 0 bridgehead atoms. The van der Waals surface area contributed by atoms with Gasteiger partial charge in [0.15, 0.2) is 0 Å². The minimum absolute atomic E-state index is 0.110. The lowest BCUT2D eigenvalue weighted by molar-refractivity contribution is 0.0411. The first-order chi connectivity index (χ1) is 9.02. The summed E-state index contributed by atoms with van der Waals surface area (Å²) in [6, 6.07) is 0. The van der Waals surface area contributed by atoms with E-state index < -0.39 is 5.60 Å². The average Bonchev–Trinajstić information content (AvgIpc) is 2.24. The van der Waals surface area contributed by atoms with Gasteiger partial charge < -0.3 is 15.4 Å². The number of amides is 1. The molecule has 1 aliphatic rings. The predicted molar refractivity (Wildman–Crippen MR) is 82.9 cm³/mol. The van der Waals surface area contributed by atoms with E-state index in [1.54, 1.807) is 0 Å². The Bertz CT molecular complexity index is 320. The molecule has 1 fully saturated rings. The molecule has 0 aromatic rings. The number of hydrogen-bond acceptors (Lipinski definition) is 3. The van der Waals surface area contributed by atoms with Crippen molar-refractivity contribution >= 4 is 6.09 Å². The minimum Gasteiger partial charge on any atom is -0.444 e. The molecule has 0 atom stereocenters. The SMILES string of the molecule is CC(C)(C)CCC1(NC(=O)OC(C)(C)C)CCNCC1.